The molecule has 0 spiro atoms. The molecule has 2 aromatic rings. The van der Waals surface area contributed by atoms with Crippen LogP contribution in [0.1, 0.15) is 57.7 Å². The smallest absolute Gasteiger partial charge is 0.425 e. The minimum Gasteiger partial charge on any atom is -0.465 e. The second-order valence-corrected chi connectivity index (χ2v) is 9.03. The molecule has 1 aromatic heterocycles. The first kappa shape index (κ1) is 25.6. The van der Waals surface area contributed by atoms with Gasteiger partial charge in [-0.2, -0.15) is 9.88 Å². The molecule has 0 aliphatic rings. The quantitative estimate of drug-likeness (QED) is 0.458. The molecular weight excluding hydrogens is 430 g/mol. The average molecular weight is 459 g/mol. The highest BCUT2D eigenvalue weighted by Gasteiger charge is 2.34. The molecule has 0 saturated carbocycles. The molecule has 0 bridgehead atoms. The van der Waals surface area contributed by atoms with E-state index in [1.165, 1.54) is 25.3 Å². The van der Waals surface area contributed by atoms with Gasteiger partial charge in [-0.25, -0.2) is 19.4 Å². The molecule has 2 amide bonds. The molecule has 178 valence electrons. The van der Waals surface area contributed by atoms with Crippen LogP contribution in [0.25, 0.3) is 0 Å². The van der Waals surface area contributed by atoms with Crippen molar-refractivity contribution in [1.29, 1.82) is 0 Å². The zero-order valence-corrected chi connectivity index (χ0v) is 20.1. The van der Waals surface area contributed by atoms with Crippen molar-refractivity contribution in [3.63, 3.8) is 0 Å². The van der Waals surface area contributed by atoms with Gasteiger partial charge in [-0.3, -0.25) is 0 Å². The van der Waals surface area contributed by atoms with Gasteiger partial charge in [-0.05, 0) is 72.7 Å². The summed E-state index contributed by atoms with van der Waals surface area (Å²) in [7, 11) is 1.29. The number of nitrogens with zero attached hydrogens (tertiary/aromatic N) is 3. The lowest BCUT2D eigenvalue weighted by molar-refractivity contribution is 0.0428. The van der Waals surface area contributed by atoms with Crippen LogP contribution in [-0.4, -0.2) is 46.4 Å². The molecule has 0 saturated heterocycles. The van der Waals surface area contributed by atoms with Gasteiger partial charge in [-0.15, -0.1) is 0 Å². The maximum Gasteiger partial charge on any atom is 0.425 e. The van der Waals surface area contributed by atoms with Crippen LogP contribution in [0.3, 0.4) is 0 Å². The van der Waals surface area contributed by atoms with E-state index >= 15 is 0 Å². The first-order valence-electron chi connectivity index (χ1n) is 10.2. The number of methoxy groups -OCH3 is 1. The Morgan fingerprint density at radius 1 is 0.848 bits per heavy atom. The van der Waals surface area contributed by atoms with Crippen LogP contribution in [0.15, 0.2) is 30.3 Å². The molecule has 0 fully saturated rings. The lowest BCUT2D eigenvalue weighted by Gasteiger charge is -2.28. The van der Waals surface area contributed by atoms with Crippen LogP contribution in [0.5, 0.6) is 11.6 Å². The Balaban J connectivity index is 2.40. The number of amides is 2. The van der Waals surface area contributed by atoms with Crippen molar-refractivity contribution in [2.75, 3.05) is 12.0 Å². The number of aromatic nitrogens is 2. The number of imide groups is 1. The lowest BCUT2D eigenvalue weighted by atomic mass is 10.2. The van der Waals surface area contributed by atoms with Crippen molar-refractivity contribution in [2.45, 2.75) is 59.7 Å². The summed E-state index contributed by atoms with van der Waals surface area (Å²) in [6.45, 7) is 11.6. The molecule has 10 heteroatoms. The number of rotatable bonds is 4. The number of hydrogen-bond acceptors (Lipinski definition) is 9. The van der Waals surface area contributed by atoms with Gasteiger partial charge in [0, 0.05) is 6.07 Å². The Bertz CT molecular complexity index is 994. The molecule has 1 heterocycles. The van der Waals surface area contributed by atoms with Crippen LogP contribution in [0.4, 0.5) is 15.4 Å². The molecule has 33 heavy (non-hydrogen) atoms. The Morgan fingerprint density at radius 2 is 1.36 bits per heavy atom. The minimum absolute atomic E-state index is 0.0698. The number of hydrogen-bond donors (Lipinski definition) is 0. The number of anilines is 1. The minimum atomic E-state index is -0.955. The standard InChI is InChI=1S/C23H29N3O7/c1-14-24-17(26(20(28)32-22(2,3)4)21(29)33-23(5,6)7)13-18(25-14)31-16-11-9-15(10-12-16)19(27)30-8/h9-13H,1-8H3. The highest BCUT2D eigenvalue weighted by atomic mass is 16.6. The fourth-order valence-electron chi connectivity index (χ4n) is 2.47. The van der Waals surface area contributed by atoms with Crippen molar-refractivity contribution in [2.24, 2.45) is 0 Å². The summed E-state index contributed by atoms with van der Waals surface area (Å²) >= 11 is 0. The monoisotopic (exact) mass is 459 g/mol. The second kappa shape index (κ2) is 9.85. The van der Waals surface area contributed by atoms with Crippen LogP contribution in [-0.2, 0) is 14.2 Å². The molecular formula is C23H29N3O7. The van der Waals surface area contributed by atoms with E-state index in [-0.39, 0.29) is 17.5 Å². The summed E-state index contributed by atoms with van der Waals surface area (Å²) in [5, 5.41) is 0. The van der Waals surface area contributed by atoms with Crippen LogP contribution >= 0.6 is 0 Å². The maximum atomic E-state index is 12.9. The van der Waals surface area contributed by atoms with Crippen molar-refractivity contribution < 1.29 is 33.3 Å². The normalized spacial score (nSPS) is 11.4. The molecule has 0 aliphatic carbocycles. The number of carbonyl (C=O) groups is 3. The number of esters is 1. The van der Waals surface area contributed by atoms with Gasteiger partial charge in [0.1, 0.15) is 22.8 Å². The number of benzene rings is 1. The first-order valence-corrected chi connectivity index (χ1v) is 10.2. The van der Waals surface area contributed by atoms with E-state index in [2.05, 4.69) is 14.7 Å². The maximum absolute atomic E-state index is 12.9. The lowest BCUT2D eigenvalue weighted by Crippen LogP contribution is -2.44. The summed E-state index contributed by atoms with van der Waals surface area (Å²) in [5.41, 5.74) is -1.37. The first-order chi connectivity index (χ1) is 15.2. The highest BCUT2D eigenvalue weighted by Crippen LogP contribution is 2.26. The highest BCUT2D eigenvalue weighted by molar-refractivity contribution is 6.08. The van der Waals surface area contributed by atoms with Gasteiger partial charge in [-0.1, -0.05) is 0 Å². The summed E-state index contributed by atoms with van der Waals surface area (Å²) in [5.74, 6) is 0.123. The fraction of sp³-hybridized carbons (Fsp3) is 0.435. The third-order valence-electron chi connectivity index (χ3n) is 3.68. The van der Waals surface area contributed by atoms with E-state index in [1.807, 2.05) is 0 Å². The Hall–Kier alpha value is -3.69. The summed E-state index contributed by atoms with van der Waals surface area (Å²) in [6, 6.07) is 7.49. The number of aryl methyl sites for hydroxylation is 1. The van der Waals surface area contributed by atoms with Gasteiger partial charge >= 0.3 is 18.2 Å². The molecule has 1 aromatic carbocycles. The van der Waals surface area contributed by atoms with Crippen molar-refractivity contribution in [3.8, 4) is 11.6 Å². The molecule has 2 rings (SSSR count). The van der Waals surface area contributed by atoms with Gasteiger partial charge in [0.05, 0.1) is 12.7 Å². The van der Waals surface area contributed by atoms with E-state index < -0.39 is 29.4 Å². The van der Waals surface area contributed by atoms with E-state index in [1.54, 1.807) is 60.6 Å². The molecule has 10 nitrogen and oxygen atoms in total. The van der Waals surface area contributed by atoms with Crippen LogP contribution in [0.2, 0.25) is 0 Å². The van der Waals surface area contributed by atoms with Crippen molar-refractivity contribution in [1.82, 2.24) is 9.97 Å². The third kappa shape index (κ3) is 7.74. The van der Waals surface area contributed by atoms with E-state index in [9.17, 15) is 14.4 Å². The Morgan fingerprint density at radius 3 is 1.82 bits per heavy atom. The fourth-order valence-corrected chi connectivity index (χ4v) is 2.47. The zero-order chi connectivity index (χ0) is 25.0. The van der Waals surface area contributed by atoms with Gasteiger partial charge in [0.25, 0.3) is 0 Å². The van der Waals surface area contributed by atoms with E-state index in [0.717, 1.165) is 0 Å². The number of ether oxygens (including phenoxy) is 4. The van der Waals surface area contributed by atoms with Crippen molar-refractivity contribution >= 4 is 24.0 Å². The molecule has 0 atom stereocenters. The van der Waals surface area contributed by atoms with Crippen LogP contribution < -0.4 is 9.64 Å². The molecule has 0 N–H and O–H groups in total. The topological polar surface area (TPSA) is 117 Å². The van der Waals surface area contributed by atoms with Gasteiger partial charge < -0.3 is 18.9 Å². The van der Waals surface area contributed by atoms with Gasteiger partial charge in [0.2, 0.25) is 5.88 Å². The largest absolute Gasteiger partial charge is 0.465 e. The predicted octanol–water partition coefficient (Wildman–Crippen LogP) is 5.04. The predicted molar refractivity (Wildman–Crippen MR) is 120 cm³/mol. The molecule has 0 radical (unpaired) electrons. The SMILES string of the molecule is COC(=O)c1ccc(Oc2cc(N(C(=O)OC(C)(C)C)C(=O)OC(C)(C)C)nc(C)n2)cc1. The van der Waals surface area contributed by atoms with E-state index in [4.69, 9.17) is 14.2 Å². The summed E-state index contributed by atoms with van der Waals surface area (Å²) < 4.78 is 21.2. The van der Waals surface area contributed by atoms with Crippen LogP contribution in [0, 0.1) is 6.92 Å². The Labute approximate surface area is 192 Å². The number of carbonyl (C=O) groups excluding carboxylic acids is 3. The average Bonchev–Trinajstić information content (AvgIpc) is 2.64. The molecule has 0 unspecified atom stereocenters. The summed E-state index contributed by atoms with van der Waals surface area (Å²) in [4.78, 5) is 46.4. The second-order valence-electron chi connectivity index (χ2n) is 9.03. The Kier molecular flexibility index (Phi) is 7.63. The van der Waals surface area contributed by atoms with Crippen molar-refractivity contribution in [3.05, 3.63) is 41.7 Å². The van der Waals surface area contributed by atoms with E-state index in [0.29, 0.717) is 16.2 Å². The zero-order valence-electron chi connectivity index (χ0n) is 20.1. The molecule has 0 aliphatic heterocycles. The van der Waals surface area contributed by atoms with Gasteiger partial charge in [0.15, 0.2) is 5.82 Å². The summed E-state index contributed by atoms with van der Waals surface area (Å²) in [6.07, 6.45) is -1.91. The third-order valence-corrected chi connectivity index (χ3v) is 3.68.